The van der Waals surface area contributed by atoms with E-state index in [-0.39, 0.29) is 0 Å². The third kappa shape index (κ3) is 3.44. The molecule has 1 aromatic carbocycles. The third-order valence-electron chi connectivity index (χ3n) is 3.87. The standard InChI is InChI=1S/C16H22N6/c1-21(2)14-8-6-13(7-9-14)18-16-19-15(12-17-20-16)22-10-4-3-5-11-22/h6-9,12H,3-5,10-11H2,1-2H3,(H,18,19,20). The van der Waals surface area contributed by atoms with Crippen molar-refractivity contribution in [3.8, 4) is 0 Å². The van der Waals surface area contributed by atoms with E-state index in [9.17, 15) is 0 Å². The quantitative estimate of drug-likeness (QED) is 0.936. The van der Waals surface area contributed by atoms with Crippen LogP contribution in [0.25, 0.3) is 0 Å². The van der Waals surface area contributed by atoms with E-state index in [1.54, 1.807) is 6.20 Å². The molecular weight excluding hydrogens is 276 g/mol. The fraction of sp³-hybridized carbons (Fsp3) is 0.438. The Labute approximate surface area is 131 Å². The minimum absolute atomic E-state index is 0.542. The molecule has 0 unspecified atom stereocenters. The highest BCUT2D eigenvalue weighted by Gasteiger charge is 2.13. The summed E-state index contributed by atoms with van der Waals surface area (Å²) in [4.78, 5) is 8.92. The Morgan fingerprint density at radius 3 is 2.45 bits per heavy atom. The molecule has 0 bridgehead atoms. The van der Waals surface area contributed by atoms with E-state index in [2.05, 4.69) is 42.4 Å². The van der Waals surface area contributed by atoms with Crippen LogP contribution in [0.1, 0.15) is 19.3 Å². The molecule has 1 aromatic heterocycles. The van der Waals surface area contributed by atoms with Gasteiger partial charge in [-0.1, -0.05) is 0 Å². The van der Waals surface area contributed by atoms with Crippen molar-refractivity contribution in [3.63, 3.8) is 0 Å². The molecule has 0 spiro atoms. The zero-order valence-corrected chi connectivity index (χ0v) is 13.2. The van der Waals surface area contributed by atoms with E-state index in [1.807, 2.05) is 26.2 Å². The van der Waals surface area contributed by atoms with Crippen LogP contribution in [0.15, 0.2) is 30.5 Å². The van der Waals surface area contributed by atoms with Gasteiger partial charge in [0.2, 0.25) is 5.95 Å². The second-order valence-electron chi connectivity index (χ2n) is 5.75. The molecule has 2 heterocycles. The Hall–Kier alpha value is -2.37. The van der Waals surface area contributed by atoms with Crippen molar-refractivity contribution in [2.75, 3.05) is 42.3 Å². The number of benzene rings is 1. The molecule has 1 aliphatic heterocycles. The van der Waals surface area contributed by atoms with Gasteiger partial charge in [0.25, 0.3) is 0 Å². The van der Waals surface area contributed by atoms with Crippen LogP contribution in [0.3, 0.4) is 0 Å². The van der Waals surface area contributed by atoms with Gasteiger partial charge < -0.3 is 15.1 Å². The van der Waals surface area contributed by atoms with Crippen LogP contribution in [0.2, 0.25) is 0 Å². The highest BCUT2D eigenvalue weighted by atomic mass is 15.3. The third-order valence-corrected chi connectivity index (χ3v) is 3.87. The lowest BCUT2D eigenvalue weighted by atomic mass is 10.1. The van der Waals surface area contributed by atoms with Crippen LogP contribution >= 0.6 is 0 Å². The molecule has 1 N–H and O–H groups in total. The Kier molecular flexibility index (Phi) is 4.37. The van der Waals surface area contributed by atoms with Crippen LogP contribution in [-0.4, -0.2) is 42.4 Å². The highest BCUT2D eigenvalue weighted by Crippen LogP contribution is 2.20. The molecule has 22 heavy (non-hydrogen) atoms. The molecule has 0 radical (unpaired) electrons. The summed E-state index contributed by atoms with van der Waals surface area (Å²) in [6.07, 6.45) is 5.49. The Morgan fingerprint density at radius 1 is 1.05 bits per heavy atom. The van der Waals surface area contributed by atoms with Gasteiger partial charge in [0, 0.05) is 38.6 Å². The largest absolute Gasteiger partial charge is 0.378 e. The number of rotatable bonds is 4. The van der Waals surface area contributed by atoms with Gasteiger partial charge in [0.1, 0.15) is 0 Å². The number of aromatic nitrogens is 3. The maximum atomic E-state index is 4.58. The molecule has 116 valence electrons. The number of nitrogens with one attached hydrogen (secondary N) is 1. The van der Waals surface area contributed by atoms with Gasteiger partial charge >= 0.3 is 0 Å². The first-order valence-corrected chi connectivity index (χ1v) is 7.71. The summed E-state index contributed by atoms with van der Waals surface area (Å²) in [6, 6.07) is 8.16. The van der Waals surface area contributed by atoms with E-state index in [0.717, 1.165) is 30.3 Å². The van der Waals surface area contributed by atoms with Crippen LogP contribution in [0, 0.1) is 0 Å². The maximum absolute atomic E-state index is 4.58. The first-order valence-electron chi connectivity index (χ1n) is 7.71. The molecule has 1 fully saturated rings. The van der Waals surface area contributed by atoms with E-state index in [0.29, 0.717) is 5.95 Å². The van der Waals surface area contributed by atoms with Crippen LogP contribution in [-0.2, 0) is 0 Å². The van der Waals surface area contributed by atoms with Gasteiger partial charge in [-0.2, -0.15) is 10.1 Å². The monoisotopic (exact) mass is 298 g/mol. The lowest BCUT2D eigenvalue weighted by Gasteiger charge is -2.27. The summed E-state index contributed by atoms with van der Waals surface area (Å²) >= 11 is 0. The van der Waals surface area contributed by atoms with Crippen molar-refractivity contribution in [3.05, 3.63) is 30.5 Å². The molecule has 3 rings (SSSR count). The predicted octanol–water partition coefficient (Wildman–Crippen LogP) is 2.67. The molecule has 0 aliphatic carbocycles. The molecule has 6 heteroatoms. The molecule has 0 amide bonds. The number of hydrogen-bond donors (Lipinski definition) is 1. The smallest absolute Gasteiger partial charge is 0.249 e. The van der Waals surface area contributed by atoms with Crippen LogP contribution in [0.4, 0.5) is 23.1 Å². The predicted molar refractivity (Wildman–Crippen MR) is 89.9 cm³/mol. The summed E-state index contributed by atoms with van der Waals surface area (Å²) in [5.74, 6) is 1.45. The molecule has 6 nitrogen and oxygen atoms in total. The summed E-state index contributed by atoms with van der Waals surface area (Å²) in [7, 11) is 4.05. The minimum atomic E-state index is 0.542. The lowest BCUT2D eigenvalue weighted by Crippen LogP contribution is -2.30. The first-order chi connectivity index (χ1) is 10.7. The van der Waals surface area contributed by atoms with Gasteiger partial charge in [0.15, 0.2) is 5.82 Å². The number of nitrogens with zero attached hydrogens (tertiary/aromatic N) is 5. The summed E-state index contributed by atoms with van der Waals surface area (Å²) in [5.41, 5.74) is 2.12. The topological polar surface area (TPSA) is 57.2 Å². The average Bonchev–Trinajstić information content (AvgIpc) is 2.56. The highest BCUT2D eigenvalue weighted by molar-refractivity contribution is 5.59. The van der Waals surface area contributed by atoms with Gasteiger partial charge in [-0.3, -0.25) is 0 Å². The van der Waals surface area contributed by atoms with Crippen molar-refractivity contribution in [2.24, 2.45) is 0 Å². The summed E-state index contributed by atoms with van der Waals surface area (Å²) in [5, 5.41) is 11.4. The van der Waals surface area contributed by atoms with Gasteiger partial charge in [0.05, 0.1) is 6.20 Å². The Bertz CT molecular complexity index is 604. The number of piperidine rings is 1. The second-order valence-corrected chi connectivity index (χ2v) is 5.75. The van der Waals surface area contributed by atoms with E-state index in [1.165, 1.54) is 19.3 Å². The normalized spacial score (nSPS) is 14.7. The van der Waals surface area contributed by atoms with Crippen LogP contribution in [0.5, 0.6) is 0 Å². The van der Waals surface area contributed by atoms with E-state index < -0.39 is 0 Å². The van der Waals surface area contributed by atoms with Crippen molar-refractivity contribution in [2.45, 2.75) is 19.3 Å². The van der Waals surface area contributed by atoms with Crippen molar-refractivity contribution in [1.29, 1.82) is 0 Å². The number of hydrogen-bond acceptors (Lipinski definition) is 6. The molecule has 0 saturated carbocycles. The summed E-state index contributed by atoms with van der Waals surface area (Å²) in [6.45, 7) is 2.10. The molecule has 1 aliphatic rings. The number of anilines is 4. The second kappa shape index (κ2) is 6.60. The Balaban J connectivity index is 1.72. The SMILES string of the molecule is CN(C)c1ccc(Nc2nncc(N3CCCCC3)n2)cc1. The average molecular weight is 298 g/mol. The molecule has 0 atom stereocenters. The van der Waals surface area contributed by atoms with Crippen molar-refractivity contribution in [1.82, 2.24) is 15.2 Å². The van der Waals surface area contributed by atoms with Crippen molar-refractivity contribution >= 4 is 23.1 Å². The van der Waals surface area contributed by atoms with Gasteiger partial charge in [-0.05, 0) is 43.5 Å². The van der Waals surface area contributed by atoms with Crippen molar-refractivity contribution < 1.29 is 0 Å². The minimum Gasteiger partial charge on any atom is -0.378 e. The molecule has 1 saturated heterocycles. The van der Waals surface area contributed by atoms with Gasteiger partial charge in [-0.25, -0.2) is 0 Å². The zero-order valence-electron chi connectivity index (χ0n) is 13.2. The first kappa shape index (κ1) is 14.6. The maximum Gasteiger partial charge on any atom is 0.249 e. The van der Waals surface area contributed by atoms with Crippen LogP contribution < -0.4 is 15.1 Å². The van der Waals surface area contributed by atoms with Gasteiger partial charge in [-0.15, -0.1) is 5.10 Å². The fourth-order valence-electron chi connectivity index (χ4n) is 2.60. The van der Waals surface area contributed by atoms with E-state index in [4.69, 9.17) is 0 Å². The molecular formula is C16H22N6. The fourth-order valence-corrected chi connectivity index (χ4v) is 2.60. The molecule has 2 aromatic rings. The zero-order chi connectivity index (χ0) is 15.4. The Morgan fingerprint density at radius 2 is 1.77 bits per heavy atom. The summed E-state index contributed by atoms with van der Waals surface area (Å²) < 4.78 is 0. The lowest BCUT2D eigenvalue weighted by molar-refractivity contribution is 0.572. The van der Waals surface area contributed by atoms with E-state index >= 15 is 0 Å².